The number of halogens is 1. The Balaban J connectivity index is 2.39. The van der Waals surface area contributed by atoms with Crippen molar-refractivity contribution in [1.82, 2.24) is 5.16 Å². The van der Waals surface area contributed by atoms with Crippen LogP contribution >= 0.6 is 22.6 Å². The second-order valence-corrected chi connectivity index (χ2v) is 3.70. The Bertz CT molecular complexity index is 450. The van der Waals surface area contributed by atoms with Crippen LogP contribution in [-0.4, -0.2) is 8.95 Å². The maximum Gasteiger partial charge on any atom is 0.244 e. The molecule has 0 fully saturated rings. The molecule has 0 saturated heterocycles. The zero-order chi connectivity index (χ0) is 9.97. The Hall–Kier alpha value is -1.17. The van der Waals surface area contributed by atoms with Gasteiger partial charge in [-0.25, -0.2) is 0 Å². The topological polar surface area (TPSA) is 43.1 Å². The van der Waals surface area contributed by atoms with E-state index in [2.05, 4.69) is 5.16 Å². The van der Waals surface area contributed by atoms with Gasteiger partial charge in [0, 0.05) is 34.2 Å². The smallest absolute Gasteiger partial charge is 0.244 e. The van der Waals surface area contributed by atoms with Crippen molar-refractivity contribution in [3.05, 3.63) is 42.1 Å². The first-order valence-electron chi connectivity index (χ1n) is 3.99. The van der Waals surface area contributed by atoms with Crippen molar-refractivity contribution in [3.63, 3.8) is 0 Å². The average Bonchev–Trinajstić information content (AvgIpc) is 2.68. The van der Waals surface area contributed by atoms with Gasteiger partial charge in [-0.2, -0.15) is 0 Å². The van der Waals surface area contributed by atoms with E-state index in [9.17, 15) is 4.79 Å². The van der Waals surface area contributed by atoms with Gasteiger partial charge in [-0.3, -0.25) is 4.79 Å². The van der Waals surface area contributed by atoms with Gasteiger partial charge in [0.2, 0.25) is 3.79 Å². The summed E-state index contributed by atoms with van der Waals surface area (Å²) in [5, 5.41) is 3.66. The van der Waals surface area contributed by atoms with Crippen LogP contribution in [0.5, 0.6) is 0 Å². The van der Waals surface area contributed by atoms with Gasteiger partial charge in [0.25, 0.3) is 0 Å². The number of carbonyl (C=O) groups excluding carboxylic acids is 1. The lowest BCUT2D eigenvalue weighted by molar-refractivity contribution is 0.109. The number of nitrogens with zero attached hydrogens (tertiary/aromatic N) is 1. The second-order valence-electron chi connectivity index (χ2n) is 2.72. The van der Waals surface area contributed by atoms with Crippen LogP contribution in [0, 0.1) is 0 Å². The summed E-state index contributed by atoms with van der Waals surface area (Å²) in [7, 11) is 0. The Morgan fingerprint density at radius 2 is 2.00 bits per heavy atom. The van der Waals surface area contributed by atoms with Gasteiger partial charge >= 0.3 is 0 Å². The number of benzene rings is 1. The molecule has 0 saturated carbocycles. The average molecular weight is 299 g/mol. The normalized spacial score (nSPS) is 10.1. The molecule has 1 aromatic heterocycles. The summed E-state index contributed by atoms with van der Waals surface area (Å²) in [4.78, 5) is 11.0. The predicted octanol–water partition coefficient (Wildman–Crippen LogP) is 2.92. The minimum absolute atomic E-state index is 0.117. The summed E-state index contributed by atoms with van der Waals surface area (Å²) >= 11 is 1.68. The number of hydrogen-bond donors (Lipinski definition) is 0. The Morgan fingerprint density at radius 3 is 2.57 bits per heavy atom. The van der Waals surface area contributed by atoms with Crippen LogP contribution in [-0.2, 0) is 0 Å². The Labute approximate surface area is 94.2 Å². The molecule has 3 nitrogen and oxygen atoms in total. The highest BCUT2D eigenvalue weighted by Gasteiger charge is 2.09. The largest absolute Gasteiger partial charge is 0.356 e. The first-order valence-corrected chi connectivity index (χ1v) is 5.07. The molecule has 14 heavy (non-hydrogen) atoms. The fraction of sp³-hybridized carbons (Fsp3) is 0. The number of hydrogen-bond acceptors (Lipinski definition) is 3. The summed E-state index contributed by atoms with van der Waals surface area (Å²) in [5.41, 5.74) is 1.27. The minimum Gasteiger partial charge on any atom is -0.356 e. The SMILES string of the molecule is O=C(I)c1cc(-c2ccccc2)on1. The second kappa shape index (κ2) is 3.91. The van der Waals surface area contributed by atoms with E-state index < -0.39 is 0 Å². The molecule has 0 unspecified atom stereocenters. The van der Waals surface area contributed by atoms with E-state index in [-0.39, 0.29) is 3.79 Å². The van der Waals surface area contributed by atoms with Crippen molar-refractivity contribution in [2.75, 3.05) is 0 Å². The van der Waals surface area contributed by atoms with E-state index >= 15 is 0 Å². The predicted molar refractivity (Wildman–Crippen MR) is 60.3 cm³/mol. The lowest BCUT2D eigenvalue weighted by Crippen LogP contribution is -1.84. The highest BCUT2D eigenvalue weighted by molar-refractivity contribution is 14.1. The molecule has 1 aromatic carbocycles. The van der Waals surface area contributed by atoms with E-state index in [1.54, 1.807) is 28.7 Å². The van der Waals surface area contributed by atoms with Crippen molar-refractivity contribution < 1.29 is 9.32 Å². The molecule has 0 atom stereocenters. The van der Waals surface area contributed by atoms with Gasteiger partial charge in [-0.15, -0.1) is 0 Å². The number of aromatic nitrogens is 1. The van der Waals surface area contributed by atoms with E-state index in [1.165, 1.54) is 0 Å². The molecule has 1 heterocycles. The summed E-state index contributed by atoms with van der Waals surface area (Å²) in [6.45, 7) is 0. The molecule has 0 aliphatic carbocycles. The van der Waals surface area contributed by atoms with Gasteiger partial charge in [0.05, 0.1) is 0 Å². The highest BCUT2D eigenvalue weighted by Crippen LogP contribution is 2.20. The molecule has 0 N–H and O–H groups in total. The minimum atomic E-state index is -0.117. The quantitative estimate of drug-likeness (QED) is 0.632. The van der Waals surface area contributed by atoms with Gasteiger partial charge in [0.15, 0.2) is 11.5 Å². The van der Waals surface area contributed by atoms with E-state index in [1.807, 2.05) is 30.3 Å². The molecule has 2 aromatic rings. The van der Waals surface area contributed by atoms with E-state index in [0.29, 0.717) is 11.5 Å². The monoisotopic (exact) mass is 299 g/mol. The molecule has 70 valence electrons. The maximum atomic E-state index is 11.0. The number of carbonyl (C=O) groups is 1. The third-order valence-electron chi connectivity index (χ3n) is 1.77. The van der Waals surface area contributed by atoms with Gasteiger partial charge in [0.1, 0.15) is 0 Å². The van der Waals surface area contributed by atoms with Crippen molar-refractivity contribution in [3.8, 4) is 11.3 Å². The van der Waals surface area contributed by atoms with E-state index in [4.69, 9.17) is 4.52 Å². The first kappa shape index (κ1) is 9.39. The first-order chi connectivity index (χ1) is 6.77. The highest BCUT2D eigenvalue weighted by atomic mass is 127. The molecule has 0 radical (unpaired) electrons. The third-order valence-corrected chi connectivity index (χ3v) is 2.32. The molecule has 0 aliphatic rings. The van der Waals surface area contributed by atoms with Crippen molar-refractivity contribution in [2.24, 2.45) is 0 Å². The van der Waals surface area contributed by atoms with Crippen LogP contribution in [0.2, 0.25) is 0 Å². The maximum absolute atomic E-state index is 11.0. The molecule has 0 amide bonds. The summed E-state index contributed by atoms with van der Waals surface area (Å²) < 4.78 is 4.92. The lowest BCUT2D eigenvalue weighted by atomic mass is 10.2. The number of rotatable bonds is 2. The summed E-state index contributed by atoms with van der Waals surface area (Å²) in [6, 6.07) is 11.2. The fourth-order valence-electron chi connectivity index (χ4n) is 1.11. The zero-order valence-electron chi connectivity index (χ0n) is 7.11. The molecular formula is C10H6INO2. The van der Waals surface area contributed by atoms with E-state index in [0.717, 1.165) is 5.56 Å². The summed E-state index contributed by atoms with van der Waals surface area (Å²) in [6.07, 6.45) is 0. The lowest BCUT2D eigenvalue weighted by Gasteiger charge is -1.91. The van der Waals surface area contributed by atoms with Crippen LogP contribution < -0.4 is 0 Å². The van der Waals surface area contributed by atoms with Crippen LogP contribution in [0.25, 0.3) is 11.3 Å². The molecule has 0 aliphatic heterocycles. The Morgan fingerprint density at radius 1 is 1.29 bits per heavy atom. The van der Waals surface area contributed by atoms with Gasteiger partial charge < -0.3 is 4.52 Å². The van der Waals surface area contributed by atoms with Crippen molar-refractivity contribution >= 4 is 26.4 Å². The molecule has 2 rings (SSSR count). The third kappa shape index (κ3) is 1.84. The Kier molecular flexibility index (Phi) is 2.62. The van der Waals surface area contributed by atoms with Crippen molar-refractivity contribution in [1.29, 1.82) is 0 Å². The fourth-order valence-corrected chi connectivity index (χ4v) is 1.36. The molecule has 0 spiro atoms. The van der Waals surface area contributed by atoms with Crippen LogP contribution in [0.3, 0.4) is 0 Å². The van der Waals surface area contributed by atoms with Crippen molar-refractivity contribution in [2.45, 2.75) is 0 Å². The van der Waals surface area contributed by atoms with Crippen LogP contribution in [0.1, 0.15) is 10.5 Å². The summed E-state index contributed by atoms with van der Waals surface area (Å²) in [5.74, 6) is 0.616. The molecule has 0 bridgehead atoms. The van der Waals surface area contributed by atoms with Crippen LogP contribution in [0.15, 0.2) is 40.9 Å². The van der Waals surface area contributed by atoms with Gasteiger partial charge in [-0.05, 0) is 0 Å². The van der Waals surface area contributed by atoms with Gasteiger partial charge in [-0.1, -0.05) is 35.5 Å². The van der Waals surface area contributed by atoms with Crippen LogP contribution in [0.4, 0.5) is 0 Å². The molecular weight excluding hydrogens is 293 g/mol. The standard InChI is InChI=1S/C10H6INO2/c11-10(13)8-6-9(14-12-8)7-4-2-1-3-5-7/h1-6H. The molecule has 4 heteroatoms. The zero-order valence-corrected chi connectivity index (χ0v) is 9.26.